The summed E-state index contributed by atoms with van der Waals surface area (Å²) in [6.45, 7) is 4.75. The lowest BCUT2D eigenvalue weighted by Gasteiger charge is -2.65. The number of benzene rings is 1. The van der Waals surface area contributed by atoms with Gasteiger partial charge in [-0.05, 0) is 48.1 Å². The van der Waals surface area contributed by atoms with Crippen LogP contribution in [0.2, 0.25) is 0 Å². The van der Waals surface area contributed by atoms with Crippen LogP contribution in [0.3, 0.4) is 0 Å². The Morgan fingerprint density at radius 2 is 2.24 bits per heavy atom. The van der Waals surface area contributed by atoms with Crippen LogP contribution in [0.15, 0.2) is 24.3 Å². The largest absolute Gasteiger partial charge is 0.504 e. The van der Waals surface area contributed by atoms with Crippen molar-refractivity contribution in [3.8, 4) is 11.5 Å². The van der Waals surface area contributed by atoms with Gasteiger partial charge < -0.3 is 9.84 Å². The van der Waals surface area contributed by atoms with E-state index in [1.165, 1.54) is 24.0 Å². The van der Waals surface area contributed by atoms with Crippen molar-refractivity contribution < 1.29 is 9.84 Å². The first kappa shape index (κ1) is 12.1. The van der Waals surface area contributed by atoms with Gasteiger partial charge in [0, 0.05) is 17.4 Å². The van der Waals surface area contributed by atoms with Crippen LogP contribution in [0, 0.1) is 17.3 Å². The molecule has 5 rings (SSSR count). The van der Waals surface area contributed by atoms with Crippen molar-refractivity contribution in [1.82, 2.24) is 0 Å². The van der Waals surface area contributed by atoms with Crippen molar-refractivity contribution in [2.24, 2.45) is 17.3 Å². The molecule has 1 spiro atoms. The van der Waals surface area contributed by atoms with Gasteiger partial charge in [0.05, 0.1) is 0 Å². The fraction of sp³-hybridized carbons (Fsp3) is 0.579. The van der Waals surface area contributed by atoms with Gasteiger partial charge in [0.2, 0.25) is 0 Å². The van der Waals surface area contributed by atoms with Gasteiger partial charge in [-0.1, -0.05) is 32.1 Å². The molecule has 1 saturated carbocycles. The third kappa shape index (κ3) is 1.12. The summed E-state index contributed by atoms with van der Waals surface area (Å²) in [5, 5.41) is 10.3. The van der Waals surface area contributed by atoms with Crippen molar-refractivity contribution in [1.29, 1.82) is 0 Å². The highest BCUT2D eigenvalue weighted by Crippen LogP contribution is 2.74. The van der Waals surface area contributed by atoms with E-state index in [0.29, 0.717) is 23.0 Å². The number of phenols is 1. The number of allylic oxidation sites excluding steroid dienone is 1. The zero-order chi connectivity index (χ0) is 14.4. The zero-order valence-electron chi connectivity index (χ0n) is 12.7. The predicted molar refractivity (Wildman–Crippen MR) is 81.7 cm³/mol. The molecule has 2 heteroatoms. The maximum atomic E-state index is 10.3. The maximum absolute atomic E-state index is 10.3. The lowest BCUT2D eigenvalue weighted by Crippen LogP contribution is -2.65. The van der Waals surface area contributed by atoms with Crippen LogP contribution >= 0.6 is 0 Å². The highest BCUT2D eigenvalue weighted by molar-refractivity contribution is 5.62. The summed E-state index contributed by atoms with van der Waals surface area (Å²) >= 11 is 0. The molecule has 1 aromatic rings. The quantitative estimate of drug-likeness (QED) is 0.790. The molecule has 0 amide bonds. The molecule has 110 valence electrons. The molecule has 1 heterocycles. The third-order valence-electron chi connectivity index (χ3n) is 6.89. The molecule has 21 heavy (non-hydrogen) atoms. The van der Waals surface area contributed by atoms with Gasteiger partial charge in [-0.3, -0.25) is 0 Å². The normalized spacial score (nSPS) is 44.6. The average molecular weight is 282 g/mol. The smallest absolute Gasteiger partial charge is 0.165 e. The number of hydrogen-bond acceptors (Lipinski definition) is 2. The van der Waals surface area contributed by atoms with Crippen LogP contribution in [-0.4, -0.2) is 11.2 Å². The molecule has 1 aliphatic heterocycles. The fourth-order valence-corrected chi connectivity index (χ4v) is 6.37. The summed E-state index contributed by atoms with van der Waals surface area (Å²) in [5.74, 6) is 2.50. The Labute approximate surface area is 125 Å². The molecular formula is C19H22O2. The van der Waals surface area contributed by atoms with E-state index in [9.17, 15) is 5.11 Å². The first-order chi connectivity index (χ1) is 10.1. The lowest BCUT2D eigenvalue weighted by atomic mass is 9.37. The number of phenolic OH excluding ortho intramolecular Hbond substituents is 1. The third-order valence-corrected chi connectivity index (χ3v) is 6.89. The monoisotopic (exact) mass is 282 g/mol. The van der Waals surface area contributed by atoms with Crippen LogP contribution in [0.1, 0.15) is 44.2 Å². The number of fused-ring (bicyclic) bond motifs is 2. The second kappa shape index (κ2) is 3.48. The van der Waals surface area contributed by atoms with Crippen molar-refractivity contribution in [2.75, 3.05) is 0 Å². The number of hydrogen-bond donors (Lipinski definition) is 1. The van der Waals surface area contributed by atoms with Gasteiger partial charge in [0.15, 0.2) is 11.5 Å². The van der Waals surface area contributed by atoms with Gasteiger partial charge in [0.1, 0.15) is 6.10 Å². The summed E-state index contributed by atoms with van der Waals surface area (Å²) in [6.07, 6.45) is 9.60. The van der Waals surface area contributed by atoms with Crippen LogP contribution < -0.4 is 4.74 Å². The van der Waals surface area contributed by atoms with Gasteiger partial charge in [-0.2, -0.15) is 0 Å². The highest BCUT2D eigenvalue weighted by atomic mass is 16.5. The summed E-state index contributed by atoms with van der Waals surface area (Å²) in [7, 11) is 0. The zero-order valence-corrected chi connectivity index (χ0v) is 12.7. The van der Waals surface area contributed by atoms with E-state index in [2.05, 4.69) is 32.1 Å². The second-order valence-corrected chi connectivity index (χ2v) is 7.66. The minimum absolute atomic E-state index is 0.167. The van der Waals surface area contributed by atoms with Gasteiger partial charge >= 0.3 is 0 Å². The average Bonchev–Trinajstić information content (AvgIpc) is 2.61. The summed E-state index contributed by atoms with van der Waals surface area (Å²) < 4.78 is 6.29. The predicted octanol–water partition coefficient (Wildman–Crippen LogP) is 3.96. The molecular weight excluding hydrogens is 260 g/mol. The van der Waals surface area contributed by atoms with E-state index in [1.54, 1.807) is 0 Å². The molecule has 3 aliphatic carbocycles. The van der Waals surface area contributed by atoms with Crippen molar-refractivity contribution >= 4 is 0 Å². The van der Waals surface area contributed by atoms with Crippen molar-refractivity contribution in [3.05, 3.63) is 35.4 Å². The van der Waals surface area contributed by atoms with Gasteiger partial charge in [-0.25, -0.2) is 0 Å². The SMILES string of the molecule is CCC12C=CCC3Oc4c(O)ccc5c4C3(C1)[C@@H]2C(C)C5. The molecule has 2 nitrogen and oxygen atoms in total. The number of aromatic hydroxyl groups is 1. The number of rotatable bonds is 1. The minimum Gasteiger partial charge on any atom is -0.504 e. The summed E-state index contributed by atoms with van der Waals surface area (Å²) in [5.41, 5.74) is 3.31. The Morgan fingerprint density at radius 3 is 3.05 bits per heavy atom. The van der Waals surface area contributed by atoms with Crippen molar-refractivity contribution in [3.63, 3.8) is 0 Å². The maximum Gasteiger partial charge on any atom is 0.165 e. The second-order valence-electron chi connectivity index (χ2n) is 7.66. The first-order valence-corrected chi connectivity index (χ1v) is 8.32. The molecule has 4 unspecified atom stereocenters. The van der Waals surface area contributed by atoms with E-state index in [-0.39, 0.29) is 11.5 Å². The topological polar surface area (TPSA) is 29.5 Å². The summed E-state index contributed by atoms with van der Waals surface area (Å²) in [4.78, 5) is 0. The van der Waals surface area contributed by atoms with E-state index in [0.717, 1.165) is 18.6 Å². The molecule has 1 N–H and O–H groups in total. The number of ether oxygens (including phenoxy) is 1. The van der Waals surface area contributed by atoms with Crippen LogP contribution in [0.25, 0.3) is 0 Å². The van der Waals surface area contributed by atoms with E-state index >= 15 is 0 Å². The molecule has 1 aromatic carbocycles. The highest BCUT2D eigenvalue weighted by Gasteiger charge is 2.72. The van der Waals surface area contributed by atoms with Crippen LogP contribution in [0.5, 0.6) is 11.5 Å². The van der Waals surface area contributed by atoms with Crippen LogP contribution in [0.4, 0.5) is 0 Å². The minimum atomic E-state index is 0.167. The Morgan fingerprint density at radius 1 is 1.38 bits per heavy atom. The Kier molecular flexibility index (Phi) is 2.01. The molecule has 0 aromatic heterocycles. The van der Waals surface area contributed by atoms with E-state index in [4.69, 9.17) is 4.74 Å². The molecule has 2 bridgehead atoms. The Balaban J connectivity index is 1.81. The fourth-order valence-electron chi connectivity index (χ4n) is 6.37. The van der Waals surface area contributed by atoms with E-state index in [1.807, 2.05) is 6.07 Å². The van der Waals surface area contributed by atoms with E-state index < -0.39 is 0 Å². The molecule has 1 fully saturated rings. The van der Waals surface area contributed by atoms with Crippen LogP contribution in [-0.2, 0) is 11.8 Å². The standard InChI is InChI=1S/C19H22O2/c1-3-18-8-4-5-14-19(10-18)15-12(9-11(2)17(18)19)6-7-13(20)16(15)21-14/h4,6-8,11,14,17,20H,3,5,9-10H2,1-2H3/t11?,14?,17-,18?,19?/m1/s1. The van der Waals surface area contributed by atoms with Crippen molar-refractivity contribution in [2.45, 2.75) is 51.0 Å². The molecule has 5 atom stereocenters. The summed E-state index contributed by atoms with van der Waals surface area (Å²) in [6, 6.07) is 3.95. The molecule has 0 radical (unpaired) electrons. The molecule has 4 aliphatic rings. The van der Waals surface area contributed by atoms with Gasteiger partial charge in [0.25, 0.3) is 0 Å². The molecule has 0 saturated heterocycles. The lowest BCUT2D eigenvalue weighted by molar-refractivity contribution is -0.110. The van der Waals surface area contributed by atoms with Gasteiger partial charge in [-0.15, -0.1) is 0 Å². The Bertz CT molecular complexity index is 676. The first-order valence-electron chi connectivity index (χ1n) is 8.32. The Hall–Kier alpha value is -1.44.